The Morgan fingerprint density at radius 1 is 1.12 bits per heavy atom. The van der Waals surface area contributed by atoms with Gasteiger partial charge in [-0.05, 0) is 6.92 Å². The maximum atomic E-state index is 5.41. The standard InChI is InChI=1S/C17H20N6O2S/c1-2-23-16(22-8-10-24-11-9-22)19-20-17(23)26-12-14-18-15(21-25-14)13-6-4-3-5-7-13/h3-7H,2,8-12H2,1H3. The first-order valence-electron chi connectivity index (χ1n) is 8.62. The molecule has 1 aliphatic heterocycles. The lowest BCUT2D eigenvalue weighted by atomic mass is 10.2. The van der Waals surface area contributed by atoms with E-state index < -0.39 is 0 Å². The molecular formula is C17H20N6O2S. The maximum Gasteiger partial charge on any atom is 0.237 e. The Morgan fingerprint density at radius 2 is 1.92 bits per heavy atom. The Morgan fingerprint density at radius 3 is 2.69 bits per heavy atom. The minimum Gasteiger partial charge on any atom is -0.378 e. The second kappa shape index (κ2) is 7.88. The first kappa shape index (κ1) is 17.0. The molecule has 0 amide bonds. The van der Waals surface area contributed by atoms with Gasteiger partial charge >= 0.3 is 0 Å². The van der Waals surface area contributed by atoms with Crippen LogP contribution in [-0.2, 0) is 17.0 Å². The maximum absolute atomic E-state index is 5.41. The molecule has 2 aromatic heterocycles. The van der Waals surface area contributed by atoms with Crippen LogP contribution in [0.1, 0.15) is 12.8 Å². The second-order valence-corrected chi connectivity index (χ2v) is 6.74. The third-order valence-electron chi connectivity index (χ3n) is 4.13. The van der Waals surface area contributed by atoms with Crippen LogP contribution in [0.4, 0.5) is 5.95 Å². The predicted molar refractivity (Wildman–Crippen MR) is 98.0 cm³/mol. The molecule has 0 radical (unpaired) electrons. The summed E-state index contributed by atoms with van der Waals surface area (Å²) in [4.78, 5) is 6.68. The number of ether oxygens (including phenoxy) is 1. The van der Waals surface area contributed by atoms with Crippen molar-refractivity contribution >= 4 is 17.7 Å². The van der Waals surface area contributed by atoms with Crippen LogP contribution in [0, 0.1) is 0 Å². The van der Waals surface area contributed by atoms with Crippen molar-refractivity contribution in [1.29, 1.82) is 0 Å². The van der Waals surface area contributed by atoms with E-state index in [1.165, 1.54) is 0 Å². The highest BCUT2D eigenvalue weighted by atomic mass is 32.2. The lowest BCUT2D eigenvalue weighted by Gasteiger charge is -2.27. The fraction of sp³-hybridized carbons (Fsp3) is 0.412. The third-order valence-corrected chi connectivity index (χ3v) is 5.08. The van der Waals surface area contributed by atoms with Gasteiger partial charge in [0.05, 0.1) is 19.0 Å². The van der Waals surface area contributed by atoms with Crippen molar-refractivity contribution in [1.82, 2.24) is 24.9 Å². The van der Waals surface area contributed by atoms with Crippen molar-refractivity contribution in [3.05, 3.63) is 36.2 Å². The molecule has 4 rings (SSSR count). The fourth-order valence-electron chi connectivity index (χ4n) is 2.81. The van der Waals surface area contributed by atoms with E-state index in [4.69, 9.17) is 9.26 Å². The monoisotopic (exact) mass is 372 g/mol. The van der Waals surface area contributed by atoms with Crippen molar-refractivity contribution in [3.8, 4) is 11.4 Å². The molecule has 8 nitrogen and oxygen atoms in total. The van der Waals surface area contributed by atoms with Crippen LogP contribution in [0.2, 0.25) is 0 Å². The normalized spacial score (nSPS) is 14.7. The SMILES string of the molecule is CCn1c(SCc2nc(-c3ccccc3)no2)nnc1N1CCOCC1. The predicted octanol–water partition coefficient (Wildman–Crippen LogP) is 2.48. The zero-order valence-electron chi connectivity index (χ0n) is 14.5. The van der Waals surface area contributed by atoms with Crippen LogP contribution in [0.3, 0.4) is 0 Å². The Hall–Kier alpha value is -2.39. The third kappa shape index (κ3) is 3.58. The smallest absolute Gasteiger partial charge is 0.237 e. The van der Waals surface area contributed by atoms with Gasteiger partial charge in [-0.2, -0.15) is 4.98 Å². The molecular weight excluding hydrogens is 352 g/mol. The zero-order chi connectivity index (χ0) is 17.8. The number of morpholine rings is 1. The summed E-state index contributed by atoms with van der Waals surface area (Å²) in [6.07, 6.45) is 0. The molecule has 1 aromatic carbocycles. The molecule has 1 aliphatic rings. The van der Waals surface area contributed by atoms with Gasteiger partial charge in [0, 0.05) is 25.2 Å². The Kier molecular flexibility index (Phi) is 5.16. The molecule has 0 atom stereocenters. The van der Waals surface area contributed by atoms with E-state index in [2.05, 4.69) is 36.7 Å². The molecule has 0 spiro atoms. The van der Waals surface area contributed by atoms with Gasteiger partial charge in [-0.25, -0.2) is 0 Å². The van der Waals surface area contributed by atoms with Crippen LogP contribution in [-0.4, -0.2) is 51.2 Å². The highest BCUT2D eigenvalue weighted by Gasteiger charge is 2.20. The van der Waals surface area contributed by atoms with Crippen LogP contribution in [0.5, 0.6) is 0 Å². The topological polar surface area (TPSA) is 82.1 Å². The minimum absolute atomic E-state index is 0.557. The minimum atomic E-state index is 0.557. The van der Waals surface area contributed by atoms with Gasteiger partial charge in [0.2, 0.25) is 17.7 Å². The van der Waals surface area contributed by atoms with Gasteiger partial charge < -0.3 is 14.2 Å². The summed E-state index contributed by atoms with van der Waals surface area (Å²) >= 11 is 1.55. The lowest BCUT2D eigenvalue weighted by Crippen LogP contribution is -2.38. The highest BCUT2D eigenvalue weighted by molar-refractivity contribution is 7.98. The summed E-state index contributed by atoms with van der Waals surface area (Å²) in [5, 5.41) is 13.6. The summed E-state index contributed by atoms with van der Waals surface area (Å²) in [5.41, 5.74) is 0.943. The number of hydrogen-bond acceptors (Lipinski definition) is 8. The van der Waals surface area contributed by atoms with Gasteiger partial charge in [-0.3, -0.25) is 4.57 Å². The zero-order valence-corrected chi connectivity index (χ0v) is 15.4. The molecule has 1 fully saturated rings. The summed E-state index contributed by atoms with van der Waals surface area (Å²) in [6, 6.07) is 9.80. The Labute approximate surface area is 155 Å². The van der Waals surface area contributed by atoms with E-state index >= 15 is 0 Å². The van der Waals surface area contributed by atoms with Crippen molar-refractivity contribution in [2.45, 2.75) is 24.4 Å². The number of rotatable bonds is 6. The lowest BCUT2D eigenvalue weighted by molar-refractivity contribution is 0.121. The van der Waals surface area contributed by atoms with E-state index in [0.717, 1.165) is 49.5 Å². The molecule has 0 saturated carbocycles. The first-order chi connectivity index (χ1) is 12.8. The molecule has 3 heterocycles. The highest BCUT2D eigenvalue weighted by Crippen LogP contribution is 2.26. The molecule has 9 heteroatoms. The molecule has 0 N–H and O–H groups in total. The van der Waals surface area contributed by atoms with Crippen molar-refractivity contribution in [2.75, 3.05) is 31.2 Å². The fourth-order valence-corrected chi connectivity index (χ4v) is 3.64. The molecule has 3 aromatic rings. The van der Waals surface area contributed by atoms with Gasteiger partial charge in [-0.15, -0.1) is 10.2 Å². The van der Waals surface area contributed by atoms with E-state index in [1.54, 1.807) is 11.8 Å². The van der Waals surface area contributed by atoms with Gasteiger partial charge in [0.15, 0.2) is 5.16 Å². The Bertz CT molecular complexity index is 844. The van der Waals surface area contributed by atoms with Gasteiger partial charge in [0.25, 0.3) is 0 Å². The quantitative estimate of drug-likeness (QED) is 0.611. The number of nitrogens with zero attached hydrogens (tertiary/aromatic N) is 6. The first-order valence-corrected chi connectivity index (χ1v) is 9.60. The number of anilines is 1. The number of benzene rings is 1. The summed E-state index contributed by atoms with van der Waals surface area (Å²) in [5.74, 6) is 2.63. The van der Waals surface area contributed by atoms with Crippen molar-refractivity contribution in [3.63, 3.8) is 0 Å². The van der Waals surface area contributed by atoms with E-state index in [9.17, 15) is 0 Å². The van der Waals surface area contributed by atoms with Crippen LogP contribution in [0.25, 0.3) is 11.4 Å². The van der Waals surface area contributed by atoms with Crippen LogP contribution in [0.15, 0.2) is 40.0 Å². The second-order valence-electron chi connectivity index (χ2n) is 5.79. The number of hydrogen-bond donors (Lipinski definition) is 0. The molecule has 0 bridgehead atoms. The number of aromatic nitrogens is 5. The molecule has 1 saturated heterocycles. The largest absolute Gasteiger partial charge is 0.378 e. The molecule has 0 unspecified atom stereocenters. The molecule has 26 heavy (non-hydrogen) atoms. The van der Waals surface area contributed by atoms with Gasteiger partial charge in [0.1, 0.15) is 0 Å². The van der Waals surface area contributed by atoms with E-state index in [-0.39, 0.29) is 0 Å². The van der Waals surface area contributed by atoms with E-state index in [1.807, 2.05) is 30.3 Å². The summed E-state index contributed by atoms with van der Waals surface area (Å²) in [6.45, 7) is 6.03. The molecule has 136 valence electrons. The van der Waals surface area contributed by atoms with Gasteiger partial charge in [-0.1, -0.05) is 47.3 Å². The molecule has 0 aliphatic carbocycles. The van der Waals surface area contributed by atoms with Crippen molar-refractivity contribution in [2.24, 2.45) is 0 Å². The summed E-state index contributed by atoms with van der Waals surface area (Å²) in [7, 11) is 0. The average Bonchev–Trinajstić information content (AvgIpc) is 3.34. The van der Waals surface area contributed by atoms with Crippen LogP contribution < -0.4 is 4.90 Å². The van der Waals surface area contributed by atoms with Crippen LogP contribution >= 0.6 is 11.8 Å². The average molecular weight is 372 g/mol. The van der Waals surface area contributed by atoms with Crippen molar-refractivity contribution < 1.29 is 9.26 Å². The van der Waals surface area contributed by atoms with E-state index in [0.29, 0.717) is 17.5 Å². The Balaban J connectivity index is 1.45. The summed E-state index contributed by atoms with van der Waals surface area (Å²) < 4.78 is 12.9. The number of thioether (sulfide) groups is 1.